The molecule has 0 heterocycles. The van der Waals surface area contributed by atoms with Gasteiger partial charge in [-0.2, -0.15) is 0 Å². The van der Waals surface area contributed by atoms with Gasteiger partial charge in [-0.3, -0.25) is 9.59 Å². The molecule has 2 rings (SSSR count). The van der Waals surface area contributed by atoms with Crippen LogP contribution in [-0.4, -0.2) is 24.0 Å². The second-order valence-electron chi connectivity index (χ2n) is 4.81. The Balaban J connectivity index is 1.92. The molecule has 1 atom stereocenters. The first kappa shape index (κ1) is 15.7. The predicted molar refractivity (Wildman–Crippen MR) is 83.1 cm³/mol. The van der Waals surface area contributed by atoms with Gasteiger partial charge in [0.05, 0.1) is 0 Å². The molecule has 5 nitrogen and oxygen atoms in total. The summed E-state index contributed by atoms with van der Waals surface area (Å²) in [7, 11) is 1.57. The van der Waals surface area contributed by atoms with Crippen LogP contribution in [0.2, 0.25) is 0 Å². The van der Waals surface area contributed by atoms with Crippen LogP contribution in [0.3, 0.4) is 0 Å². The third-order valence-electron chi connectivity index (χ3n) is 3.27. The third-order valence-corrected chi connectivity index (χ3v) is 3.27. The normalized spacial score (nSPS) is 11.5. The van der Waals surface area contributed by atoms with Gasteiger partial charge in [0.1, 0.15) is 0 Å². The molecular formula is C17H18N2O3. The molecule has 2 aromatic carbocycles. The highest BCUT2D eigenvalue weighted by atomic mass is 16.3. The van der Waals surface area contributed by atoms with Crippen molar-refractivity contribution in [2.24, 2.45) is 0 Å². The predicted octanol–water partition coefficient (Wildman–Crippen LogP) is 1.40. The van der Waals surface area contributed by atoms with E-state index in [1.54, 1.807) is 55.6 Å². The van der Waals surface area contributed by atoms with Crippen molar-refractivity contribution in [1.29, 1.82) is 0 Å². The first-order valence-electron chi connectivity index (χ1n) is 6.93. The monoisotopic (exact) mass is 298 g/mol. The van der Waals surface area contributed by atoms with Crippen LogP contribution in [0.4, 0.5) is 0 Å². The second-order valence-corrected chi connectivity index (χ2v) is 4.81. The van der Waals surface area contributed by atoms with Crippen molar-refractivity contribution in [2.45, 2.75) is 12.6 Å². The van der Waals surface area contributed by atoms with Gasteiger partial charge in [0.25, 0.3) is 11.8 Å². The van der Waals surface area contributed by atoms with Crippen molar-refractivity contribution in [1.82, 2.24) is 10.6 Å². The molecular weight excluding hydrogens is 280 g/mol. The molecule has 0 fully saturated rings. The van der Waals surface area contributed by atoms with E-state index in [1.807, 2.05) is 6.07 Å². The van der Waals surface area contributed by atoms with Gasteiger partial charge in [0, 0.05) is 19.2 Å². The zero-order valence-electron chi connectivity index (χ0n) is 12.2. The summed E-state index contributed by atoms with van der Waals surface area (Å²) in [4.78, 5) is 23.3. The maximum absolute atomic E-state index is 11.9. The summed E-state index contributed by atoms with van der Waals surface area (Å²) >= 11 is 0. The van der Waals surface area contributed by atoms with E-state index in [2.05, 4.69) is 10.6 Å². The lowest BCUT2D eigenvalue weighted by Gasteiger charge is -2.12. The Morgan fingerprint density at radius 1 is 1.05 bits per heavy atom. The zero-order chi connectivity index (χ0) is 15.9. The number of carbonyl (C=O) groups is 2. The molecule has 1 unspecified atom stereocenters. The number of hydrogen-bond acceptors (Lipinski definition) is 3. The Labute approximate surface area is 129 Å². The van der Waals surface area contributed by atoms with Crippen LogP contribution in [0.25, 0.3) is 0 Å². The number of hydrogen-bond donors (Lipinski definition) is 3. The Hall–Kier alpha value is -2.66. The molecule has 22 heavy (non-hydrogen) atoms. The SMILES string of the molecule is CNC(=O)c1ccc(CNC(=O)C(O)c2ccccc2)cc1. The molecule has 2 amide bonds. The fraction of sp³-hybridized carbons (Fsp3) is 0.176. The maximum Gasteiger partial charge on any atom is 0.253 e. The van der Waals surface area contributed by atoms with Gasteiger partial charge < -0.3 is 15.7 Å². The van der Waals surface area contributed by atoms with Crippen LogP contribution in [0, 0.1) is 0 Å². The van der Waals surface area contributed by atoms with Crippen LogP contribution in [0.15, 0.2) is 54.6 Å². The van der Waals surface area contributed by atoms with Crippen molar-refractivity contribution in [3.05, 3.63) is 71.3 Å². The third kappa shape index (κ3) is 3.93. The molecule has 0 aromatic heterocycles. The summed E-state index contributed by atoms with van der Waals surface area (Å²) < 4.78 is 0. The number of nitrogens with one attached hydrogen (secondary N) is 2. The average Bonchev–Trinajstić information content (AvgIpc) is 2.59. The van der Waals surface area contributed by atoms with Gasteiger partial charge in [-0.25, -0.2) is 0 Å². The van der Waals surface area contributed by atoms with Gasteiger partial charge in [0.15, 0.2) is 6.10 Å². The highest BCUT2D eigenvalue weighted by molar-refractivity contribution is 5.93. The summed E-state index contributed by atoms with van der Waals surface area (Å²) in [6.45, 7) is 0.288. The molecule has 0 saturated carbocycles. The fourth-order valence-electron chi connectivity index (χ4n) is 1.99. The van der Waals surface area contributed by atoms with Crippen LogP contribution < -0.4 is 10.6 Å². The Morgan fingerprint density at radius 3 is 2.27 bits per heavy atom. The molecule has 0 bridgehead atoms. The zero-order valence-corrected chi connectivity index (χ0v) is 12.2. The minimum Gasteiger partial charge on any atom is -0.378 e. The minimum absolute atomic E-state index is 0.157. The minimum atomic E-state index is -1.19. The molecule has 2 aromatic rings. The van der Waals surface area contributed by atoms with Crippen LogP contribution >= 0.6 is 0 Å². The number of aliphatic hydroxyl groups excluding tert-OH is 1. The first-order chi connectivity index (χ1) is 10.6. The highest BCUT2D eigenvalue weighted by Crippen LogP contribution is 2.12. The fourth-order valence-corrected chi connectivity index (χ4v) is 1.99. The summed E-state index contributed by atoms with van der Waals surface area (Å²) in [5.41, 5.74) is 1.96. The lowest BCUT2D eigenvalue weighted by Crippen LogP contribution is -2.28. The maximum atomic E-state index is 11.9. The van der Waals surface area contributed by atoms with E-state index in [4.69, 9.17) is 0 Å². The second kappa shape index (κ2) is 7.38. The molecule has 0 saturated heterocycles. The largest absolute Gasteiger partial charge is 0.378 e. The smallest absolute Gasteiger partial charge is 0.253 e. The molecule has 114 valence electrons. The highest BCUT2D eigenvalue weighted by Gasteiger charge is 2.16. The summed E-state index contributed by atoms with van der Waals surface area (Å²) in [5.74, 6) is -0.614. The molecule has 0 aliphatic heterocycles. The Bertz CT molecular complexity index is 639. The summed E-state index contributed by atoms with van der Waals surface area (Å²) in [5, 5.41) is 15.2. The number of aliphatic hydroxyl groups is 1. The van der Waals surface area contributed by atoms with Crippen LogP contribution in [0.5, 0.6) is 0 Å². The van der Waals surface area contributed by atoms with E-state index < -0.39 is 12.0 Å². The van der Waals surface area contributed by atoms with Crippen molar-refractivity contribution >= 4 is 11.8 Å². The standard InChI is InChI=1S/C17H18N2O3/c1-18-16(21)14-9-7-12(8-10-14)11-19-17(22)15(20)13-5-3-2-4-6-13/h2-10,15,20H,11H2,1H3,(H,18,21)(H,19,22). The number of amides is 2. The van der Waals surface area contributed by atoms with Crippen molar-refractivity contribution in [3.63, 3.8) is 0 Å². The van der Waals surface area contributed by atoms with Gasteiger partial charge >= 0.3 is 0 Å². The van der Waals surface area contributed by atoms with Crippen molar-refractivity contribution in [3.8, 4) is 0 Å². The number of carbonyl (C=O) groups excluding carboxylic acids is 2. The molecule has 5 heteroatoms. The lowest BCUT2D eigenvalue weighted by atomic mass is 10.1. The van der Waals surface area contributed by atoms with Crippen molar-refractivity contribution in [2.75, 3.05) is 7.05 Å². The summed E-state index contributed by atoms with van der Waals surface area (Å²) in [6.07, 6.45) is -1.19. The molecule has 0 spiro atoms. The van der Waals surface area contributed by atoms with E-state index >= 15 is 0 Å². The molecule has 3 N–H and O–H groups in total. The van der Waals surface area contributed by atoms with E-state index in [-0.39, 0.29) is 12.5 Å². The van der Waals surface area contributed by atoms with Gasteiger partial charge in [0.2, 0.25) is 0 Å². The summed E-state index contributed by atoms with van der Waals surface area (Å²) in [6, 6.07) is 15.7. The van der Waals surface area contributed by atoms with Crippen LogP contribution in [0.1, 0.15) is 27.6 Å². The van der Waals surface area contributed by atoms with E-state index in [0.29, 0.717) is 11.1 Å². The number of rotatable bonds is 5. The van der Waals surface area contributed by atoms with Gasteiger partial charge in [-0.1, -0.05) is 42.5 Å². The van der Waals surface area contributed by atoms with E-state index in [1.165, 1.54) is 0 Å². The first-order valence-corrected chi connectivity index (χ1v) is 6.93. The van der Waals surface area contributed by atoms with Gasteiger partial charge in [-0.05, 0) is 23.3 Å². The van der Waals surface area contributed by atoms with E-state index in [0.717, 1.165) is 5.56 Å². The lowest BCUT2D eigenvalue weighted by molar-refractivity contribution is -0.129. The van der Waals surface area contributed by atoms with Crippen molar-refractivity contribution < 1.29 is 14.7 Å². The molecule has 0 radical (unpaired) electrons. The van der Waals surface area contributed by atoms with Gasteiger partial charge in [-0.15, -0.1) is 0 Å². The molecule has 0 aliphatic rings. The van der Waals surface area contributed by atoms with Crippen LogP contribution in [-0.2, 0) is 11.3 Å². The Morgan fingerprint density at radius 2 is 1.68 bits per heavy atom. The van der Waals surface area contributed by atoms with E-state index in [9.17, 15) is 14.7 Å². The number of benzene rings is 2. The quantitative estimate of drug-likeness (QED) is 0.780. The Kier molecular flexibility index (Phi) is 5.27. The average molecular weight is 298 g/mol. The topological polar surface area (TPSA) is 78.4 Å². The molecule has 0 aliphatic carbocycles.